The maximum atomic E-state index is 12.6. The Morgan fingerprint density at radius 3 is 2.67 bits per heavy atom. The summed E-state index contributed by atoms with van der Waals surface area (Å²) in [5.74, 6) is 0.0666. The molecule has 0 aliphatic heterocycles. The van der Waals surface area contributed by atoms with Crippen LogP contribution in [-0.2, 0) is 0 Å². The summed E-state index contributed by atoms with van der Waals surface area (Å²) in [7, 11) is 0. The van der Waals surface area contributed by atoms with E-state index in [0.29, 0.717) is 5.56 Å². The minimum absolute atomic E-state index is 0.0666. The van der Waals surface area contributed by atoms with E-state index in [2.05, 4.69) is 31.9 Å². The highest BCUT2D eigenvalue weighted by molar-refractivity contribution is 9.12. The summed E-state index contributed by atoms with van der Waals surface area (Å²) in [5.41, 5.74) is 1.49. The van der Waals surface area contributed by atoms with Crippen LogP contribution in [0.5, 0.6) is 0 Å². The molecule has 2 aromatic heterocycles. The van der Waals surface area contributed by atoms with Crippen LogP contribution in [0.2, 0.25) is 0 Å². The Morgan fingerprint density at radius 2 is 1.94 bits per heavy atom. The van der Waals surface area contributed by atoms with Crippen molar-refractivity contribution < 1.29 is 4.79 Å². The maximum absolute atomic E-state index is 12.6. The predicted octanol–water partition coefficient (Wildman–Crippen LogP) is 5.72. The van der Waals surface area contributed by atoms with Crippen molar-refractivity contribution in [2.75, 3.05) is 0 Å². The minimum atomic E-state index is 0.0666. The van der Waals surface area contributed by atoms with Gasteiger partial charge in [0.15, 0.2) is 5.78 Å². The average molecular weight is 402 g/mol. The van der Waals surface area contributed by atoms with Gasteiger partial charge in [0.1, 0.15) is 0 Å². The molecule has 3 aromatic rings. The lowest BCUT2D eigenvalue weighted by Gasteiger charge is -2.01. The third kappa shape index (κ3) is 2.09. The summed E-state index contributed by atoms with van der Waals surface area (Å²) in [6.45, 7) is 0. The topological polar surface area (TPSA) is 17.1 Å². The molecule has 0 saturated carbocycles. The van der Waals surface area contributed by atoms with Gasteiger partial charge >= 0.3 is 0 Å². The minimum Gasteiger partial charge on any atom is -0.288 e. The van der Waals surface area contributed by atoms with Crippen molar-refractivity contribution in [3.63, 3.8) is 0 Å². The van der Waals surface area contributed by atoms with E-state index in [4.69, 9.17) is 0 Å². The van der Waals surface area contributed by atoms with Gasteiger partial charge in [-0.05, 0) is 60.8 Å². The van der Waals surface area contributed by atoms with Crippen molar-refractivity contribution in [2.24, 2.45) is 0 Å². The molecule has 0 fully saturated rings. The second kappa shape index (κ2) is 4.89. The Morgan fingerprint density at radius 1 is 1.11 bits per heavy atom. The zero-order valence-corrected chi connectivity index (χ0v) is 13.7. The Hall–Kier alpha value is -0.490. The van der Waals surface area contributed by atoms with Crippen LogP contribution in [0.4, 0.5) is 0 Å². The fourth-order valence-electron chi connectivity index (χ4n) is 1.81. The van der Waals surface area contributed by atoms with Crippen LogP contribution >= 0.6 is 54.5 Å². The number of ketones is 1. The van der Waals surface area contributed by atoms with Gasteiger partial charge in [-0.2, -0.15) is 0 Å². The Kier molecular flexibility index (Phi) is 3.40. The molecule has 0 bridgehead atoms. The maximum Gasteiger partial charge on any atom is 0.196 e. The second-order valence-corrected chi connectivity index (χ2v) is 8.38. The summed E-state index contributed by atoms with van der Waals surface area (Å²) < 4.78 is 2.88. The fraction of sp³-hybridized carbons (Fsp3) is 0. The molecule has 0 atom stereocenters. The number of fused-ring (bicyclic) bond motifs is 1. The first-order chi connectivity index (χ1) is 8.66. The lowest BCUT2D eigenvalue weighted by atomic mass is 10.0. The third-order valence-electron chi connectivity index (χ3n) is 2.62. The summed E-state index contributed by atoms with van der Waals surface area (Å²) in [6, 6.07) is 9.75. The van der Waals surface area contributed by atoms with Gasteiger partial charge in [0, 0.05) is 15.8 Å². The first-order valence-electron chi connectivity index (χ1n) is 5.12. The van der Waals surface area contributed by atoms with E-state index in [-0.39, 0.29) is 5.78 Å². The van der Waals surface area contributed by atoms with Crippen LogP contribution in [0.1, 0.15) is 15.9 Å². The molecule has 3 rings (SSSR count). The van der Waals surface area contributed by atoms with Crippen LogP contribution in [0.25, 0.3) is 10.1 Å². The van der Waals surface area contributed by atoms with Crippen molar-refractivity contribution in [3.8, 4) is 0 Å². The number of carbonyl (C=O) groups excluding carboxylic acids is 1. The van der Waals surface area contributed by atoms with Crippen LogP contribution in [0, 0.1) is 0 Å². The van der Waals surface area contributed by atoms with E-state index in [0.717, 1.165) is 23.2 Å². The standard InChI is InChI=1S/C13H6Br2OS2/c14-10-6-9(13(15)18-10)11(16)8-3-1-2-7-4-5-17-12(7)8/h1-6H. The molecule has 1 nitrogen and oxygen atoms in total. The molecule has 90 valence electrons. The van der Waals surface area contributed by atoms with E-state index in [1.807, 2.05) is 35.7 Å². The van der Waals surface area contributed by atoms with Crippen molar-refractivity contribution in [1.29, 1.82) is 0 Å². The first-order valence-corrected chi connectivity index (χ1v) is 8.41. The molecule has 2 heterocycles. The molecule has 0 amide bonds. The molecular formula is C13H6Br2OS2. The van der Waals surface area contributed by atoms with Gasteiger partial charge in [-0.25, -0.2) is 0 Å². The smallest absolute Gasteiger partial charge is 0.196 e. The largest absolute Gasteiger partial charge is 0.288 e. The van der Waals surface area contributed by atoms with E-state index < -0.39 is 0 Å². The molecule has 0 radical (unpaired) electrons. The van der Waals surface area contributed by atoms with E-state index in [1.165, 1.54) is 11.3 Å². The number of rotatable bonds is 2. The lowest BCUT2D eigenvalue weighted by Crippen LogP contribution is -2.00. The molecular weight excluding hydrogens is 396 g/mol. The third-order valence-corrected chi connectivity index (χ3v) is 5.93. The normalized spacial score (nSPS) is 11.0. The van der Waals surface area contributed by atoms with Gasteiger partial charge in [-0.1, -0.05) is 12.1 Å². The predicted molar refractivity (Wildman–Crippen MR) is 85.0 cm³/mol. The second-order valence-electron chi connectivity index (χ2n) is 3.71. The van der Waals surface area contributed by atoms with Gasteiger partial charge in [-0.3, -0.25) is 4.79 Å². The molecule has 18 heavy (non-hydrogen) atoms. The molecule has 0 aliphatic rings. The molecule has 0 unspecified atom stereocenters. The first kappa shape index (κ1) is 12.5. The summed E-state index contributed by atoms with van der Waals surface area (Å²) in [5, 5.41) is 3.14. The highest BCUT2D eigenvalue weighted by atomic mass is 79.9. The van der Waals surface area contributed by atoms with Gasteiger partial charge in [0.2, 0.25) is 0 Å². The van der Waals surface area contributed by atoms with Crippen LogP contribution in [-0.4, -0.2) is 5.78 Å². The van der Waals surface area contributed by atoms with E-state index >= 15 is 0 Å². The van der Waals surface area contributed by atoms with Crippen molar-refractivity contribution in [3.05, 3.63) is 54.4 Å². The number of benzene rings is 1. The average Bonchev–Trinajstić information content (AvgIpc) is 2.94. The SMILES string of the molecule is O=C(c1cc(Br)sc1Br)c1cccc2ccsc12. The molecule has 0 N–H and O–H groups in total. The highest BCUT2D eigenvalue weighted by Crippen LogP contribution is 2.35. The van der Waals surface area contributed by atoms with Crippen molar-refractivity contribution >= 4 is 70.4 Å². The van der Waals surface area contributed by atoms with E-state index in [9.17, 15) is 4.79 Å². The number of hydrogen-bond donors (Lipinski definition) is 0. The van der Waals surface area contributed by atoms with E-state index in [1.54, 1.807) is 11.3 Å². The lowest BCUT2D eigenvalue weighted by molar-refractivity contribution is 0.104. The Bertz CT molecular complexity index is 742. The molecule has 0 aliphatic carbocycles. The highest BCUT2D eigenvalue weighted by Gasteiger charge is 2.18. The Balaban J connectivity index is 2.18. The van der Waals surface area contributed by atoms with Gasteiger partial charge in [0.05, 0.1) is 7.57 Å². The zero-order valence-electron chi connectivity index (χ0n) is 8.94. The number of thiophene rings is 2. The van der Waals surface area contributed by atoms with Gasteiger partial charge in [0.25, 0.3) is 0 Å². The van der Waals surface area contributed by atoms with Crippen molar-refractivity contribution in [1.82, 2.24) is 0 Å². The zero-order chi connectivity index (χ0) is 12.7. The Labute approximate surface area is 129 Å². The van der Waals surface area contributed by atoms with Gasteiger partial charge < -0.3 is 0 Å². The summed E-state index contributed by atoms with van der Waals surface area (Å²) >= 11 is 9.97. The molecule has 1 aromatic carbocycles. The van der Waals surface area contributed by atoms with Gasteiger partial charge in [-0.15, -0.1) is 22.7 Å². The molecule has 5 heteroatoms. The number of hydrogen-bond acceptors (Lipinski definition) is 3. The number of halogens is 2. The number of carbonyl (C=O) groups is 1. The summed E-state index contributed by atoms with van der Waals surface area (Å²) in [6.07, 6.45) is 0. The van der Waals surface area contributed by atoms with Crippen LogP contribution in [0.3, 0.4) is 0 Å². The molecule has 0 spiro atoms. The van der Waals surface area contributed by atoms with Crippen LogP contribution < -0.4 is 0 Å². The monoisotopic (exact) mass is 400 g/mol. The quantitative estimate of drug-likeness (QED) is 0.502. The summed E-state index contributed by atoms with van der Waals surface area (Å²) in [4.78, 5) is 12.6. The molecule has 0 saturated heterocycles. The fourth-order valence-corrected chi connectivity index (χ4v) is 5.52. The van der Waals surface area contributed by atoms with Crippen LogP contribution in [0.15, 0.2) is 43.3 Å². The van der Waals surface area contributed by atoms with Crippen molar-refractivity contribution in [2.45, 2.75) is 0 Å².